The van der Waals surface area contributed by atoms with Crippen molar-refractivity contribution in [1.29, 1.82) is 0 Å². The molecular formula is C14H5Cl6F3. The van der Waals surface area contributed by atoms with E-state index in [1.807, 2.05) is 0 Å². The van der Waals surface area contributed by atoms with Gasteiger partial charge in [0.25, 0.3) is 0 Å². The van der Waals surface area contributed by atoms with Crippen molar-refractivity contribution in [3.05, 3.63) is 54.4 Å². The highest BCUT2D eigenvalue weighted by Crippen LogP contribution is 2.49. The Labute approximate surface area is 160 Å². The van der Waals surface area contributed by atoms with Gasteiger partial charge in [-0.3, -0.25) is 0 Å². The molecule has 2 aromatic carbocycles. The van der Waals surface area contributed by atoms with Gasteiger partial charge in [0.1, 0.15) is 0 Å². The second kappa shape index (κ2) is 7.07. The summed E-state index contributed by atoms with van der Waals surface area (Å²) in [6, 6.07) is 3.26. The molecule has 0 aromatic heterocycles. The molecule has 0 N–H and O–H groups in total. The molecule has 0 bridgehead atoms. The van der Waals surface area contributed by atoms with Gasteiger partial charge in [0, 0.05) is 11.4 Å². The number of hydrogen-bond acceptors (Lipinski definition) is 0. The maximum Gasteiger partial charge on any atom is 0.416 e. The van der Waals surface area contributed by atoms with Gasteiger partial charge in [-0.05, 0) is 29.3 Å². The lowest BCUT2D eigenvalue weighted by Gasteiger charge is -2.16. The predicted octanol–water partition coefficient (Wildman–Crippen LogP) is 8.38. The standard InChI is InChI=1S/C14H5Cl6F3/c15-4-5-1-6(3-7(2-5)14(21,22)23)8-9(16)11(18)13(20)12(19)10(8)17/h1-3H,4H2. The first-order chi connectivity index (χ1) is 10.6. The molecule has 0 nitrogen and oxygen atoms in total. The lowest BCUT2D eigenvalue weighted by atomic mass is 9.99. The van der Waals surface area contributed by atoms with Crippen LogP contribution in [0.5, 0.6) is 0 Å². The zero-order valence-electron chi connectivity index (χ0n) is 10.8. The van der Waals surface area contributed by atoms with Crippen molar-refractivity contribution in [3.63, 3.8) is 0 Å². The van der Waals surface area contributed by atoms with E-state index in [2.05, 4.69) is 0 Å². The molecule has 0 fully saturated rings. The Morgan fingerprint density at radius 1 is 0.739 bits per heavy atom. The van der Waals surface area contributed by atoms with Crippen LogP contribution >= 0.6 is 69.6 Å². The summed E-state index contributed by atoms with van der Waals surface area (Å²) in [4.78, 5) is 0. The first-order valence-corrected chi connectivity index (χ1v) is 8.29. The van der Waals surface area contributed by atoms with E-state index in [0.29, 0.717) is 0 Å². The van der Waals surface area contributed by atoms with E-state index >= 15 is 0 Å². The highest BCUT2D eigenvalue weighted by molar-refractivity contribution is 6.56. The van der Waals surface area contributed by atoms with Crippen LogP contribution in [0.1, 0.15) is 11.1 Å². The molecule has 2 rings (SSSR count). The molecule has 124 valence electrons. The van der Waals surface area contributed by atoms with Crippen molar-refractivity contribution < 1.29 is 13.2 Å². The molecule has 23 heavy (non-hydrogen) atoms. The summed E-state index contributed by atoms with van der Waals surface area (Å²) >= 11 is 35.7. The van der Waals surface area contributed by atoms with Gasteiger partial charge < -0.3 is 0 Å². The normalized spacial score (nSPS) is 11.9. The minimum Gasteiger partial charge on any atom is -0.166 e. The van der Waals surface area contributed by atoms with Crippen LogP contribution < -0.4 is 0 Å². The molecule has 9 heteroatoms. The second-order valence-electron chi connectivity index (χ2n) is 4.49. The zero-order chi connectivity index (χ0) is 17.5. The van der Waals surface area contributed by atoms with Crippen molar-refractivity contribution in [1.82, 2.24) is 0 Å². The predicted molar refractivity (Wildman–Crippen MR) is 91.5 cm³/mol. The second-order valence-corrected chi connectivity index (χ2v) is 6.65. The highest BCUT2D eigenvalue weighted by Gasteiger charge is 2.32. The number of halogens is 9. The molecule has 0 heterocycles. The molecule has 0 saturated heterocycles. The fourth-order valence-corrected chi connectivity index (χ4v) is 3.45. The van der Waals surface area contributed by atoms with Gasteiger partial charge in [0.15, 0.2) is 0 Å². The lowest BCUT2D eigenvalue weighted by molar-refractivity contribution is -0.137. The molecule has 0 radical (unpaired) electrons. The van der Waals surface area contributed by atoms with E-state index in [9.17, 15) is 13.2 Å². The smallest absolute Gasteiger partial charge is 0.166 e. The Morgan fingerprint density at radius 2 is 1.22 bits per heavy atom. The fraction of sp³-hybridized carbons (Fsp3) is 0.143. The van der Waals surface area contributed by atoms with Crippen LogP contribution in [0.25, 0.3) is 11.1 Å². The van der Waals surface area contributed by atoms with E-state index in [1.165, 1.54) is 6.07 Å². The highest BCUT2D eigenvalue weighted by atomic mass is 35.5. The third-order valence-corrected chi connectivity index (χ3v) is 5.56. The minimum atomic E-state index is -4.56. The molecule has 0 aliphatic heterocycles. The van der Waals surface area contributed by atoms with Gasteiger partial charge in [-0.15, -0.1) is 11.6 Å². The molecule has 2 aromatic rings. The Hall–Kier alpha value is -0.0300. The number of rotatable bonds is 2. The first kappa shape index (κ1) is 19.3. The van der Waals surface area contributed by atoms with Crippen molar-refractivity contribution in [2.24, 2.45) is 0 Å². The van der Waals surface area contributed by atoms with Crippen LogP contribution in [0.2, 0.25) is 25.1 Å². The zero-order valence-corrected chi connectivity index (χ0v) is 15.4. The average Bonchev–Trinajstić information content (AvgIpc) is 2.50. The summed E-state index contributed by atoms with van der Waals surface area (Å²) in [5.41, 5.74) is -0.498. The van der Waals surface area contributed by atoms with Crippen LogP contribution in [-0.4, -0.2) is 0 Å². The molecule has 0 spiro atoms. The average molecular weight is 443 g/mol. The van der Waals surface area contributed by atoms with E-state index in [1.54, 1.807) is 0 Å². The van der Waals surface area contributed by atoms with Crippen LogP contribution in [0.3, 0.4) is 0 Å². The number of alkyl halides is 4. The molecule has 0 aliphatic carbocycles. The van der Waals surface area contributed by atoms with Gasteiger partial charge >= 0.3 is 6.18 Å². The van der Waals surface area contributed by atoms with E-state index in [-0.39, 0.29) is 47.7 Å². The van der Waals surface area contributed by atoms with Crippen LogP contribution in [0.15, 0.2) is 18.2 Å². The van der Waals surface area contributed by atoms with Gasteiger partial charge in [0.05, 0.1) is 30.7 Å². The largest absolute Gasteiger partial charge is 0.416 e. The molecule has 0 saturated carbocycles. The molecule has 0 amide bonds. The maximum absolute atomic E-state index is 13.0. The van der Waals surface area contributed by atoms with Gasteiger partial charge in [-0.2, -0.15) is 13.2 Å². The SMILES string of the molecule is FC(F)(F)c1cc(CCl)cc(-c2c(Cl)c(Cl)c(Cl)c(Cl)c2Cl)c1. The molecule has 0 unspecified atom stereocenters. The summed E-state index contributed by atoms with van der Waals surface area (Å²) in [6.07, 6.45) is -4.56. The first-order valence-electron chi connectivity index (χ1n) is 5.86. The number of hydrogen-bond donors (Lipinski definition) is 0. The fourth-order valence-electron chi connectivity index (χ4n) is 1.94. The van der Waals surface area contributed by atoms with Gasteiger partial charge in [0.2, 0.25) is 0 Å². The summed E-state index contributed by atoms with van der Waals surface area (Å²) in [7, 11) is 0. The van der Waals surface area contributed by atoms with Crippen LogP contribution in [-0.2, 0) is 12.1 Å². The quantitative estimate of drug-likeness (QED) is 0.249. The lowest BCUT2D eigenvalue weighted by Crippen LogP contribution is -2.06. The maximum atomic E-state index is 13.0. The molecule has 0 atom stereocenters. The van der Waals surface area contributed by atoms with Crippen LogP contribution in [0, 0.1) is 0 Å². The van der Waals surface area contributed by atoms with Crippen LogP contribution in [0.4, 0.5) is 13.2 Å². The van der Waals surface area contributed by atoms with E-state index < -0.39 is 11.7 Å². The van der Waals surface area contributed by atoms with Gasteiger partial charge in [-0.25, -0.2) is 0 Å². The van der Waals surface area contributed by atoms with Gasteiger partial charge in [-0.1, -0.05) is 58.0 Å². The summed E-state index contributed by atoms with van der Waals surface area (Å²) in [5, 5.41) is -0.446. The minimum absolute atomic E-state index is 0.0604. The Morgan fingerprint density at radius 3 is 1.65 bits per heavy atom. The summed E-state index contributed by atoms with van der Waals surface area (Å²) < 4.78 is 39.1. The third kappa shape index (κ3) is 3.81. The molecule has 0 aliphatic rings. The Balaban J connectivity index is 2.82. The summed E-state index contributed by atoms with van der Waals surface area (Å²) in [5.74, 6) is -0.124. The number of benzene rings is 2. The van der Waals surface area contributed by atoms with E-state index in [4.69, 9.17) is 69.6 Å². The van der Waals surface area contributed by atoms with E-state index in [0.717, 1.165) is 12.1 Å². The Bertz CT molecular complexity index is 741. The summed E-state index contributed by atoms with van der Waals surface area (Å²) in [6.45, 7) is 0. The molecular weight excluding hydrogens is 438 g/mol. The third-order valence-electron chi connectivity index (χ3n) is 2.97. The van der Waals surface area contributed by atoms with Crippen molar-refractivity contribution in [3.8, 4) is 11.1 Å². The monoisotopic (exact) mass is 440 g/mol. The Kier molecular flexibility index (Phi) is 5.93. The van der Waals surface area contributed by atoms with Crippen molar-refractivity contribution in [2.45, 2.75) is 12.1 Å². The van der Waals surface area contributed by atoms with Crippen molar-refractivity contribution in [2.75, 3.05) is 0 Å². The topological polar surface area (TPSA) is 0 Å². The van der Waals surface area contributed by atoms with Crippen molar-refractivity contribution >= 4 is 69.6 Å².